The topological polar surface area (TPSA) is 21.3 Å². The van der Waals surface area contributed by atoms with E-state index < -0.39 is 12.4 Å². The van der Waals surface area contributed by atoms with Gasteiger partial charge in [0, 0.05) is 10.6 Å². The number of alkyl halides is 3. The molecule has 0 amide bonds. The van der Waals surface area contributed by atoms with Gasteiger partial charge in [-0.25, -0.2) is 0 Å². The van der Waals surface area contributed by atoms with Crippen LogP contribution in [-0.2, 0) is 0 Å². The van der Waals surface area contributed by atoms with Crippen molar-refractivity contribution in [3.05, 3.63) is 64.7 Å². The molecule has 1 atom stereocenters. The third-order valence-electron chi connectivity index (χ3n) is 2.93. The van der Waals surface area contributed by atoms with E-state index in [9.17, 15) is 13.2 Å². The summed E-state index contributed by atoms with van der Waals surface area (Å²) in [6, 6.07) is 12.5. The first-order valence-electron chi connectivity index (χ1n) is 6.18. The largest absolute Gasteiger partial charge is 0.573 e. The van der Waals surface area contributed by atoms with Crippen LogP contribution in [-0.4, -0.2) is 13.4 Å². The zero-order chi connectivity index (χ0) is 15.5. The Labute approximate surface area is 125 Å². The summed E-state index contributed by atoms with van der Waals surface area (Å²) < 4.78 is 41.6. The molecular formula is C15H13ClF3NO. The van der Waals surface area contributed by atoms with Gasteiger partial charge in [-0.15, -0.1) is 13.2 Å². The smallest absolute Gasteiger partial charge is 0.405 e. The fraction of sp³-hybridized carbons (Fsp3) is 0.200. The number of halogens is 4. The van der Waals surface area contributed by atoms with Gasteiger partial charge in [-0.3, -0.25) is 0 Å². The number of ether oxygens (including phenoxy) is 1. The highest BCUT2D eigenvalue weighted by Gasteiger charge is 2.33. The predicted octanol–water partition coefficient (Wildman–Crippen LogP) is 4.55. The van der Waals surface area contributed by atoms with Crippen LogP contribution in [0.1, 0.15) is 17.2 Å². The average molecular weight is 316 g/mol. The lowest BCUT2D eigenvalue weighted by molar-refractivity contribution is -0.275. The summed E-state index contributed by atoms with van der Waals surface area (Å²) in [5.74, 6) is -0.232. The molecule has 21 heavy (non-hydrogen) atoms. The van der Waals surface area contributed by atoms with Gasteiger partial charge in [0.1, 0.15) is 5.75 Å². The highest BCUT2D eigenvalue weighted by molar-refractivity contribution is 6.30. The molecule has 0 saturated carbocycles. The lowest BCUT2D eigenvalue weighted by Crippen LogP contribution is -2.22. The molecule has 0 radical (unpaired) electrons. The summed E-state index contributed by atoms with van der Waals surface area (Å²) in [6.45, 7) is 0. The van der Waals surface area contributed by atoms with Crippen LogP contribution < -0.4 is 10.1 Å². The van der Waals surface area contributed by atoms with Gasteiger partial charge in [0.2, 0.25) is 0 Å². The second kappa shape index (κ2) is 6.37. The van der Waals surface area contributed by atoms with Crippen LogP contribution in [0.5, 0.6) is 5.75 Å². The van der Waals surface area contributed by atoms with Crippen molar-refractivity contribution in [1.29, 1.82) is 0 Å². The molecule has 2 nitrogen and oxygen atoms in total. The van der Waals surface area contributed by atoms with Crippen molar-refractivity contribution < 1.29 is 17.9 Å². The maximum atomic E-state index is 12.5. The normalized spacial score (nSPS) is 13.0. The van der Waals surface area contributed by atoms with Crippen LogP contribution in [0.2, 0.25) is 5.02 Å². The van der Waals surface area contributed by atoms with E-state index in [1.54, 1.807) is 43.4 Å². The Kier molecular flexibility index (Phi) is 4.75. The molecule has 1 unspecified atom stereocenters. The Bertz CT molecular complexity index is 616. The van der Waals surface area contributed by atoms with Crippen LogP contribution >= 0.6 is 11.6 Å². The van der Waals surface area contributed by atoms with E-state index in [4.69, 9.17) is 11.6 Å². The molecule has 0 aliphatic heterocycles. The lowest BCUT2D eigenvalue weighted by atomic mass is 9.98. The molecule has 6 heteroatoms. The zero-order valence-electron chi connectivity index (χ0n) is 11.1. The summed E-state index contributed by atoms with van der Waals surface area (Å²) in [4.78, 5) is 0. The molecule has 0 fully saturated rings. The van der Waals surface area contributed by atoms with Crippen molar-refractivity contribution in [1.82, 2.24) is 5.32 Å². The number of hydrogen-bond acceptors (Lipinski definition) is 2. The van der Waals surface area contributed by atoms with Gasteiger partial charge in [0.25, 0.3) is 0 Å². The second-order valence-corrected chi connectivity index (χ2v) is 4.80. The van der Waals surface area contributed by atoms with Crippen molar-refractivity contribution in [2.24, 2.45) is 0 Å². The maximum Gasteiger partial charge on any atom is 0.573 e. The van der Waals surface area contributed by atoms with Gasteiger partial charge >= 0.3 is 6.36 Å². The Morgan fingerprint density at radius 2 is 1.81 bits per heavy atom. The van der Waals surface area contributed by atoms with Gasteiger partial charge in [-0.2, -0.15) is 0 Å². The van der Waals surface area contributed by atoms with Crippen LogP contribution in [0, 0.1) is 0 Å². The van der Waals surface area contributed by atoms with Crippen molar-refractivity contribution >= 4 is 11.6 Å². The van der Waals surface area contributed by atoms with E-state index in [2.05, 4.69) is 10.1 Å². The first-order valence-corrected chi connectivity index (χ1v) is 6.56. The Morgan fingerprint density at radius 3 is 2.43 bits per heavy atom. The highest BCUT2D eigenvalue weighted by atomic mass is 35.5. The molecule has 2 aromatic carbocycles. The van der Waals surface area contributed by atoms with E-state index in [1.165, 1.54) is 12.1 Å². The Morgan fingerprint density at radius 1 is 1.10 bits per heavy atom. The fourth-order valence-corrected chi connectivity index (χ4v) is 2.32. The second-order valence-electron chi connectivity index (χ2n) is 4.36. The molecule has 0 aliphatic carbocycles. The first kappa shape index (κ1) is 15.7. The molecule has 0 aromatic heterocycles. The van der Waals surface area contributed by atoms with E-state index in [0.717, 1.165) is 5.56 Å². The molecule has 112 valence electrons. The van der Waals surface area contributed by atoms with Crippen molar-refractivity contribution in [2.45, 2.75) is 12.4 Å². The van der Waals surface area contributed by atoms with Crippen LogP contribution in [0.4, 0.5) is 13.2 Å². The fourth-order valence-electron chi connectivity index (χ4n) is 2.12. The summed E-state index contributed by atoms with van der Waals surface area (Å²) in [5.41, 5.74) is 1.14. The molecular weight excluding hydrogens is 303 g/mol. The predicted molar refractivity (Wildman–Crippen MR) is 75.5 cm³/mol. The lowest BCUT2D eigenvalue weighted by Gasteiger charge is -2.21. The molecule has 2 rings (SSSR count). The Hall–Kier alpha value is -1.72. The first-order chi connectivity index (χ1) is 9.90. The molecule has 2 aromatic rings. The molecule has 0 saturated heterocycles. The van der Waals surface area contributed by atoms with E-state index >= 15 is 0 Å². The van der Waals surface area contributed by atoms with Gasteiger partial charge in [-0.1, -0.05) is 41.9 Å². The van der Waals surface area contributed by atoms with Crippen LogP contribution in [0.25, 0.3) is 0 Å². The SMILES string of the molecule is CNC(c1cccc(Cl)c1)c1ccccc1OC(F)(F)F. The molecule has 0 spiro atoms. The molecule has 1 N–H and O–H groups in total. The number of para-hydroxylation sites is 1. The number of benzene rings is 2. The van der Waals surface area contributed by atoms with E-state index in [-0.39, 0.29) is 5.75 Å². The van der Waals surface area contributed by atoms with Crippen LogP contribution in [0.3, 0.4) is 0 Å². The van der Waals surface area contributed by atoms with E-state index in [1.807, 2.05) is 0 Å². The monoisotopic (exact) mass is 315 g/mol. The third kappa shape index (κ3) is 4.12. The minimum Gasteiger partial charge on any atom is -0.405 e. The number of hydrogen-bond donors (Lipinski definition) is 1. The standard InChI is InChI=1S/C15H13ClF3NO/c1-20-14(10-5-4-6-11(16)9-10)12-7-2-3-8-13(12)21-15(17,18)19/h2-9,14,20H,1H3. The van der Waals surface area contributed by atoms with Crippen LogP contribution in [0.15, 0.2) is 48.5 Å². The van der Waals surface area contributed by atoms with Crippen molar-refractivity contribution in [2.75, 3.05) is 7.05 Å². The molecule has 0 aliphatic rings. The zero-order valence-corrected chi connectivity index (χ0v) is 11.9. The summed E-state index contributed by atoms with van der Waals surface area (Å²) >= 11 is 5.94. The quantitative estimate of drug-likeness (QED) is 0.894. The minimum absolute atomic E-state index is 0.232. The van der Waals surface area contributed by atoms with E-state index in [0.29, 0.717) is 10.6 Å². The highest BCUT2D eigenvalue weighted by Crippen LogP contribution is 2.33. The summed E-state index contributed by atoms with van der Waals surface area (Å²) in [6.07, 6.45) is -4.73. The minimum atomic E-state index is -4.73. The van der Waals surface area contributed by atoms with Gasteiger partial charge in [0.05, 0.1) is 6.04 Å². The molecule has 0 heterocycles. The van der Waals surface area contributed by atoms with Gasteiger partial charge in [0.15, 0.2) is 0 Å². The summed E-state index contributed by atoms with van der Waals surface area (Å²) in [5, 5.41) is 3.50. The Balaban J connectivity index is 2.43. The van der Waals surface area contributed by atoms with Gasteiger partial charge < -0.3 is 10.1 Å². The number of rotatable bonds is 4. The average Bonchev–Trinajstić information content (AvgIpc) is 2.40. The summed E-state index contributed by atoms with van der Waals surface area (Å²) in [7, 11) is 1.66. The number of nitrogens with one attached hydrogen (secondary N) is 1. The van der Waals surface area contributed by atoms with Crippen molar-refractivity contribution in [3.8, 4) is 5.75 Å². The molecule has 0 bridgehead atoms. The van der Waals surface area contributed by atoms with Crippen molar-refractivity contribution in [3.63, 3.8) is 0 Å². The third-order valence-corrected chi connectivity index (χ3v) is 3.16. The van der Waals surface area contributed by atoms with Gasteiger partial charge in [-0.05, 0) is 30.8 Å². The maximum absolute atomic E-state index is 12.5.